The van der Waals surface area contributed by atoms with Crippen molar-refractivity contribution >= 4 is 0 Å². The van der Waals surface area contributed by atoms with Crippen LogP contribution in [0.3, 0.4) is 0 Å². The van der Waals surface area contributed by atoms with Crippen LogP contribution in [0.25, 0.3) is 0 Å². The van der Waals surface area contributed by atoms with Gasteiger partial charge in [-0.1, -0.05) is 12.1 Å². The minimum atomic E-state index is -0.237. The summed E-state index contributed by atoms with van der Waals surface area (Å²) in [6.07, 6.45) is -0.224. The van der Waals surface area contributed by atoms with Crippen LogP contribution in [0.15, 0.2) is 66.7 Å². The summed E-state index contributed by atoms with van der Waals surface area (Å²) in [6, 6.07) is 20.3. The molecule has 1 aliphatic rings. The lowest BCUT2D eigenvalue weighted by Crippen LogP contribution is -2.33. The molecule has 0 spiro atoms. The Morgan fingerprint density at radius 3 is 2.25 bits per heavy atom. The van der Waals surface area contributed by atoms with Gasteiger partial charge in [0.1, 0.15) is 41.5 Å². The minimum Gasteiger partial charge on any atom is -0.507 e. The third kappa shape index (κ3) is 4.90. The molecule has 3 aromatic rings. The summed E-state index contributed by atoms with van der Waals surface area (Å²) in [4.78, 5) is 0. The van der Waals surface area contributed by atoms with Crippen LogP contribution in [0, 0.1) is 0 Å². The molecule has 3 aromatic carbocycles. The molecule has 32 heavy (non-hydrogen) atoms. The first-order valence-corrected chi connectivity index (χ1v) is 10.5. The maximum atomic E-state index is 10.7. The molecule has 3 N–H and O–H groups in total. The Hall–Kier alpha value is -3.42. The van der Waals surface area contributed by atoms with E-state index in [0.717, 1.165) is 28.4 Å². The zero-order valence-corrected chi connectivity index (χ0v) is 18.4. The van der Waals surface area contributed by atoms with E-state index in [0.29, 0.717) is 12.4 Å². The van der Waals surface area contributed by atoms with Gasteiger partial charge in [0.15, 0.2) is 0 Å². The first-order chi connectivity index (χ1) is 15.6. The molecule has 0 saturated carbocycles. The third-order valence-electron chi connectivity index (χ3n) is 5.50. The van der Waals surface area contributed by atoms with E-state index in [1.165, 1.54) is 0 Å². The van der Waals surface area contributed by atoms with Crippen molar-refractivity contribution in [3.8, 4) is 28.7 Å². The third-order valence-corrected chi connectivity index (χ3v) is 5.50. The molecule has 7 heteroatoms. The number of benzene rings is 3. The lowest BCUT2D eigenvalue weighted by molar-refractivity contribution is 0.170. The quantitative estimate of drug-likeness (QED) is 0.493. The Labute approximate surface area is 187 Å². The van der Waals surface area contributed by atoms with E-state index < -0.39 is 0 Å². The van der Waals surface area contributed by atoms with E-state index >= 15 is 0 Å². The number of ether oxygens (including phenoxy) is 4. The van der Waals surface area contributed by atoms with Crippen LogP contribution in [-0.2, 0) is 6.61 Å². The fraction of sp³-hybridized carbons (Fsp3) is 0.280. The average molecular weight is 437 g/mol. The van der Waals surface area contributed by atoms with Crippen molar-refractivity contribution in [1.29, 1.82) is 0 Å². The summed E-state index contributed by atoms with van der Waals surface area (Å²) in [5, 5.41) is 10.7. The molecule has 7 nitrogen and oxygen atoms in total. The van der Waals surface area contributed by atoms with E-state index in [2.05, 4.69) is 10.9 Å². The highest BCUT2D eigenvalue weighted by Gasteiger charge is 2.37. The van der Waals surface area contributed by atoms with Gasteiger partial charge in [0.05, 0.1) is 26.3 Å². The van der Waals surface area contributed by atoms with Crippen LogP contribution >= 0.6 is 0 Å². The van der Waals surface area contributed by atoms with E-state index in [9.17, 15) is 5.11 Å². The SMILES string of the molecule is COc1ccc(OC2C(C)NNC2c2ccc(OCc3cccc(OC)c3)cc2O)cc1. The van der Waals surface area contributed by atoms with Gasteiger partial charge in [-0.3, -0.25) is 5.43 Å². The number of phenolic OH excluding ortho intramolecular Hbond substituents is 1. The predicted molar refractivity (Wildman–Crippen MR) is 121 cm³/mol. The lowest BCUT2D eigenvalue weighted by atomic mass is 9.98. The van der Waals surface area contributed by atoms with Gasteiger partial charge in [-0.2, -0.15) is 0 Å². The van der Waals surface area contributed by atoms with Crippen LogP contribution in [0.4, 0.5) is 0 Å². The molecule has 168 valence electrons. The average Bonchev–Trinajstić information content (AvgIpc) is 3.18. The van der Waals surface area contributed by atoms with Crippen molar-refractivity contribution in [2.45, 2.75) is 31.7 Å². The van der Waals surface area contributed by atoms with Crippen LogP contribution in [0.2, 0.25) is 0 Å². The van der Waals surface area contributed by atoms with E-state index in [1.807, 2.05) is 67.6 Å². The molecule has 3 atom stereocenters. The Kier molecular flexibility index (Phi) is 6.68. The Morgan fingerprint density at radius 2 is 1.53 bits per heavy atom. The van der Waals surface area contributed by atoms with Crippen molar-refractivity contribution < 1.29 is 24.1 Å². The van der Waals surface area contributed by atoms with Crippen molar-refractivity contribution in [2.75, 3.05) is 14.2 Å². The van der Waals surface area contributed by atoms with Gasteiger partial charge in [-0.25, -0.2) is 5.43 Å². The number of hydrogen-bond acceptors (Lipinski definition) is 7. The largest absolute Gasteiger partial charge is 0.507 e. The first-order valence-electron chi connectivity index (χ1n) is 10.5. The molecule has 1 heterocycles. The minimum absolute atomic E-state index is 0.0329. The zero-order valence-electron chi connectivity index (χ0n) is 18.4. The number of rotatable bonds is 8. The maximum absolute atomic E-state index is 10.7. The predicted octanol–water partition coefficient (Wildman–Crippen LogP) is 3.97. The molecule has 0 aromatic heterocycles. The Balaban J connectivity index is 1.45. The first kappa shape index (κ1) is 21.8. The topological polar surface area (TPSA) is 81.2 Å². The number of hydrogen-bond donors (Lipinski definition) is 3. The fourth-order valence-electron chi connectivity index (χ4n) is 3.72. The second kappa shape index (κ2) is 9.80. The summed E-state index contributed by atoms with van der Waals surface area (Å²) < 4.78 is 22.5. The molecule has 3 unspecified atom stereocenters. The highest BCUT2D eigenvalue weighted by Crippen LogP contribution is 2.35. The van der Waals surface area contributed by atoms with Gasteiger partial charge < -0.3 is 24.1 Å². The normalized spacial score (nSPS) is 20.0. The standard InChI is InChI=1S/C25H28N2O5/c1-16-25(32-19-9-7-18(29-2)8-10-19)24(27-26-16)22-12-11-21(14-23(22)28)31-15-17-5-4-6-20(13-17)30-3/h4-14,16,24-28H,15H2,1-3H3. The molecule has 0 bridgehead atoms. The van der Waals surface area contributed by atoms with Crippen LogP contribution in [-0.4, -0.2) is 31.5 Å². The van der Waals surface area contributed by atoms with Gasteiger partial charge in [-0.05, 0) is 61.0 Å². The molecule has 0 amide bonds. The summed E-state index contributed by atoms with van der Waals surface area (Å²) in [5.74, 6) is 3.01. The number of hydrazine groups is 1. The number of phenols is 1. The van der Waals surface area contributed by atoms with Crippen LogP contribution in [0.1, 0.15) is 24.1 Å². The highest BCUT2D eigenvalue weighted by atomic mass is 16.5. The zero-order chi connectivity index (χ0) is 22.5. The van der Waals surface area contributed by atoms with E-state index in [4.69, 9.17) is 18.9 Å². The molecule has 0 aliphatic carbocycles. The highest BCUT2D eigenvalue weighted by molar-refractivity contribution is 5.43. The van der Waals surface area contributed by atoms with Gasteiger partial charge in [-0.15, -0.1) is 0 Å². The van der Waals surface area contributed by atoms with E-state index in [1.54, 1.807) is 20.3 Å². The number of methoxy groups -OCH3 is 2. The molecule has 1 saturated heterocycles. The van der Waals surface area contributed by atoms with Crippen molar-refractivity contribution in [3.63, 3.8) is 0 Å². The number of nitrogens with one attached hydrogen (secondary N) is 2. The molecule has 1 aliphatic heterocycles. The monoisotopic (exact) mass is 436 g/mol. The Bertz CT molecular complexity index is 1040. The molecule has 0 radical (unpaired) electrons. The lowest BCUT2D eigenvalue weighted by Gasteiger charge is -2.24. The molecular formula is C25H28N2O5. The van der Waals surface area contributed by atoms with Crippen molar-refractivity contribution in [3.05, 3.63) is 77.9 Å². The van der Waals surface area contributed by atoms with Crippen molar-refractivity contribution in [2.24, 2.45) is 0 Å². The fourth-order valence-corrected chi connectivity index (χ4v) is 3.72. The molecular weight excluding hydrogens is 408 g/mol. The summed E-state index contributed by atoms with van der Waals surface area (Å²) in [7, 11) is 3.26. The second-order valence-corrected chi connectivity index (χ2v) is 7.67. The molecule has 4 rings (SSSR count). The van der Waals surface area contributed by atoms with Gasteiger partial charge in [0, 0.05) is 11.6 Å². The van der Waals surface area contributed by atoms with Crippen LogP contribution < -0.4 is 29.8 Å². The van der Waals surface area contributed by atoms with Crippen LogP contribution in [0.5, 0.6) is 28.7 Å². The van der Waals surface area contributed by atoms with Crippen molar-refractivity contribution in [1.82, 2.24) is 10.9 Å². The van der Waals surface area contributed by atoms with E-state index in [-0.39, 0.29) is 23.9 Å². The summed E-state index contributed by atoms with van der Waals surface area (Å²) in [5.41, 5.74) is 8.15. The second-order valence-electron chi connectivity index (χ2n) is 7.67. The maximum Gasteiger partial charge on any atom is 0.136 e. The van der Waals surface area contributed by atoms with Gasteiger partial charge in [0.2, 0.25) is 0 Å². The molecule has 1 fully saturated rings. The smallest absolute Gasteiger partial charge is 0.136 e. The van der Waals surface area contributed by atoms with Gasteiger partial charge >= 0.3 is 0 Å². The summed E-state index contributed by atoms with van der Waals surface area (Å²) >= 11 is 0. The number of aromatic hydroxyl groups is 1. The summed E-state index contributed by atoms with van der Waals surface area (Å²) in [6.45, 7) is 2.41. The Morgan fingerprint density at radius 1 is 0.812 bits per heavy atom. The van der Waals surface area contributed by atoms with Gasteiger partial charge in [0.25, 0.3) is 0 Å².